The zero-order valence-corrected chi connectivity index (χ0v) is 21.6. The number of aliphatic hydroxyl groups excluding tert-OH is 1. The third-order valence-corrected chi connectivity index (χ3v) is 7.05. The second kappa shape index (κ2) is 9.86. The van der Waals surface area contributed by atoms with Crippen molar-refractivity contribution in [2.75, 3.05) is 13.1 Å². The molecule has 0 bridgehead atoms. The van der Waals surface area contributed by atoms with Gasteiger partial charge in [-0.1, -0.05) is 16.8 Å². The normalized spacial score (nSPS) is 17.9. The molecule has 1 saturated heterocycles. The molecule has 0 radical (unpaired) electrons. The number of aromatic nitrogens is 4. The van der Waals surface area contributed by atoms with E-state index in [2.05, 4.69) is 15.3 Å². The minimum Gasteiger partial charge on any atom is -0.444 e. The van der Waals surface area contributed by atoms with Crippen LogP contribution in [0.1, 0.15) is 58.1 Å². The molecule has 1 atom stereocenters. The topological polar surface area (TPSA) is 103 Å². The smallest absolute Gasteiger partial charge is 0.410 e. The van der Waals surface area contributed by atoms with Crippen LogP contribution in [-0.4, -0.2) is 54.8 Å². The Morgan fingerprint density at radius 3 is 2.64 bits per heavy atom. The molecule has 2 aliphatic rings. The number of ether oxygens (including phenoxy) is 2. The summed E-state index contributed by atoms with van der Waals surface area (Å²) in [6.45, 7) is 7.44. The number of likely N-dealkylation sites (tertiary alicyclic amines) is 1. The van der Waals surface area contributed by atoms with Crippen LogP contribution in [0.15, 0.2) is 30.5 Å². The lowest BCUT2D eigenvalue weighted by Crippen LogP contribution is -2.42. The molecule has 36 heavy (non-hydrogen) atoms. The fraction of sp³-hybridized carbons (Fsp3) is 0.538. The highest BCUT2D eigenvalue weighted by Gasteiger charge is 2.32. The molecule has 1 aliphatic heterocycles. The highest BCUT2D eigenvalue weighted by Crippen LogP contribution is 2.40. The highest BCUT2D eigenvalue weighted by molar-refractivity contribution is 6.36. The van der Waals surface area contributed by atoms with Gasteiger partial charge in [0.25, 0.3) is 0 Å². The van der Waals surface area contributed by atoms with Gasteiger partial charge in [-0.2, -0.15) is 0 Å². The van der Waals surface area contributed by atoms with Crippen LogP contribution in [0.25, 0.3) is 11.0 Å². The Morgan fingerprint density at radius 1 is 1.19 bits per heavy atom. The maximum atomic E-state index is 12.4. The van der Waals surface area contributed by atoms with Crippen LogP contribution < -0.4 is 4.74 Å². The predicted molar refractivity (Wildman–Crippen MR) is 135 cm³/mol. The molecule has 3 heterocycles. The molecular formula is C26H32ClN5O4. The van der Waals surface area contributed by atoms with Crippen LogP contribution in [0.5, 0.6) is 11.6 Å². The van der Waals surface area contributed by atoms with E-state index in [0.717, 1.165) is 12.1 Å². The van der Waals surface area contributed by atoms with Gasteiger partial charge in [-0.3, -0.25) is 0 Å². The van der Waals surface area contributed by atoms with Crippen LogP contribution in [0.3, 0.4) is 0 Å². The fourth-order valence-electron chi connectivity index (χ4n) is 4.54. The van der Waals surface area contributed by atoms with Gasteiger partial charge in [0.05, 0.1) is 11.6 Å². The second-order valence-electron chi connectivity index (χ2n) is 10.7. The van der Waals surface area contributed by atoms with Crippen molar-refractivity contribution < 1.29 is 19.4 Å². The average molecular weight is 514 g/mol. The van der Waals surface area contributed by atoms with Crippen LogP contribution in [0.2, 0.25) is 5.02 Å². The van der Waals surface area contributed by atoms with Gasteiger partial charge < -0.3 is 19.5 Å². The minimum absolute atomic E-state index is 0.0458. The molecule has 2 fully saturated rings. The van der Waals surface area contributed by atoms with Gasteiger partial charge in [0, 0.05) is 31.4 Å². The SMILES string of the molecule is CC(C)(C)OC(=O)N1CCC(C(O)c2cccnc2Oc2ccc3c(nnn3CC3CC3)c2Cl)CC1. The third kappa shape index (κ3) is 5.42. The van der Waals surface area contributed by atoms with Crippen molar-refractivity contribution >= 4 is 28.7 Å². The van der Waals surface area contributed by atoms with Crippen molar-refractivity contribution in [1.29, 1.82) is 0 Å². The molecule has 1 amide bonds. The van der Waals surface area contributed by atoms with E-state index < -0.39 is 11.7 Å². The number of piperidine rings is 1. The standard InChI is InChI=1S/C26H32ClN5O4/c1-26(2,3)36-25(34)31-13-10-17(11-14-31)23(33)18-5-4-12-28-24(18)35-20-9-8-19-22(21(20)27)29-30-32(19)15-16-6-7-16/h4-5,8-9,12,16-17,23,33H,6-7,10-11,13-15H2,1-3H3. The summed E-state index contributed by atoms with van der Waals surface area (Å²) in [6.07, 6.45) is 4.24. The summed E-state index contributed by atoms with van der Waals surface area (Å²) in [7, 11) is 0. The largest absolute Gasteiger partial charge is 0.444 e. The van der Waals surface area contributed by atoms with E-state index in [1.807, 2.05) is 37.6 Å². The first-order chi connectivity index (χ1) is 17.2. The van der Waals surface area contributed by atoms with E-state index >= 15 is 0 Å². The number of hydrogen-bond donors (Lipinski definition) is 1. The molecule has 1 N–H and O–H groups in total. The lowest BCUT2D eigenvalue weighted by Gasteiger charge is -2.35. The van der Waals surface area contributed by atoms with Crippen molar-refractivity contribution in [1.82, 2.24) is 24.9 Å². The first-order valence-corrected chi connectivity index (χ1v) is 12.9. The number of amides is 1. The Bertz CT molecular complexity index is 1240. The van der Waals surface area contributed by atoms with Crippen LogP contribution in [-0.2, 0) is 11.3 Å². The summed E-state index contributed by atoms with van der Waals surface area (Å²) < 4.78 is 13.5. The highest BCUT2D eigenvalue weighted by atomic mass is 35.5. The van der Waals surface area contributed by atoms with Crippen LogP contribution in [0, 0.1) is 11.8 Å². The summed E-state index contributed by atoms with van der Waals surface area (Å²) in [6, 6.07) is 7.28. The van der Waals surface area contributed by atoms with Crippen LogP contribution >= 0.6 is 11.6 Å². The third-order valence-electron chi connectivity index (χ3n) is 6.68. The lowest BCUT2D eigenvalue weighted by molar-refractivity contribution is 0.00735. The number of halogens is 1. The lowest BCUT2D eigenvalue weighted by atomic mass is 9.88. The van der Waals surface area contributed by atoms with Crippen molar-refractivity contribution in [2.24, 2.45) is 11.8 Å². The molecule has 1 aromatic carbocycles. The molecule has 9 nitrogen and oxygen atoms in total. The number of aliphatic hydroxyl groups is 1. The minimum atomic E-state index is -0.795. The van der Waals surface area contributed by atoms with Gasteiger partial charge in [0.15, 0.2) is 5.75 Å². The molecule has 1 saturated carbocycles. The monoisotopic (exact) mass is 513 g/mol. The van der Waals surface area contributed by atoms with E-state index in [1.165, 1.54) is 12.8 Å². The van der Waals surface area contributed by atoms with Gasteiger partial charge in [-0.15, -0.1) is 5.10 Å². The first kappa shape index (κ1) is 24.8. The molecule has 1 aliphatic carbocycles. The molecular weight excluding hydrogens is 482 g/mol. The van der Waals surface area contributed by atoms with Gasteiger partial charge >= 0.3 is 6.09 Å². The summed E-state index contributed by atoms with van der Waals surface area (Å²) in [4.78, 5) is 18.5. The molecule has 3 aromatic rings. The van der Waals surface area contributed by atoms with Gasteiger partial charge in [0.1, 0.15) is 16.1 Å². The van der Waals surface area contributed by atoms with Crippen molar-refractivity contribution in [3.8, 4) is 11.6 Å². The van der Waals surface area contributed by atoms with Gasteiger partial charge in [-0.25, -0.2) is 14.5 Å². The second-order valence-corrected chi connectivity index (χ2v) is 11.1. The molecule has 192 valence electrons. The number of rotatable bonds is 6. The fourth-order valence-corrected chi connectivity index (χ4v) is 4.78. The molecule has 5 rings (SSSR count). The Balaban J connectivity index is 1.29. The quantitative estimate of drug-likeness (QED) is 0.473. The van der Waals surface area contributed by atoms with Gasteiger partial charge in [0.2, 0.25) is 5.88 Å². The number of pyridine rings is 1. The van der Waals surface area contributed by atoms with E-state index in [-0.39, 0.29) is 12.0 Å². The zero-order chi connectivity index (χ0) is 25.4. The van der Waals surface area contributed by atoms with E-state index in [1.54, 1.807) is 23.2 Å². The number of nitrogens with zero attached hydrogens (tertiary/aromatic N) is 5. The van der Waals surface area contributed by atoms with Crippen molar-refractivity contribution in [3.63, 3.8) is 0 Å². The molecule has 1 unspecified atom stereocenters. The molecule has 2 aromatic heterocycles. The Labute approximate surface area is 215 Å². The van der Waals surface area contributed by atoms with E-state index in [4.69, 9.17) is 21.1 Å². The summed E-state index contributed by atoms with van der Waals surface area (Å²) in [5, 5.41) is 20.1. The summed E-state index contributed by atoms with van der Waals surface area (Å²) >= 11 is 6.65. The number of hydrogen-bond acceptors (Lipinski definition) is 7. The predicted octanol–water partition coefficient (Wildman–Crippen LogP) is 5.36. The Kier molecular flexibility index (Phi) is 6.78. The number of fused-ring (bicyclic) bond motifs is 1. The molecule has 10 heteroatoms. The number of carbonyl (C=O) groups is 1. The molecule has 0 spiro atoms. The maximum absolute atomic E-state index is 12.4. The first-order valence-electron chi connectivity index (χ1n) is 12.5. The van der Waals surface area contributed by atoms with Crippen molar-refractivity contribution in [3.05, 3.63) is 41.0 Å². The van der Waals surface area contributed by atoms with Crippen molar-refractivity contribution in [2.45, 2.75) is 64.7 Å². The van der Waals surface area contributed by atoms with Crippen LogP contribution in [0.4, 0.5) is 4.79 Å². The zero-order valence-electron chi connectivity index (χ0n) is 20.9. The Hall–Kier alpha value is -2.91. The Morgan fingerprint density at radius 2 is 1.94 bits per heavy atom. The average Bonchev–Trinajstić information content (AvgIpc) is 3.57. The van der Waals surface area contributed by atoms with Gasteiger partial charge in [-0.05, 0) is 82.6 Å². The number of benzene rings is 1. The van der Waals surface area contributed by atoms with E-state index in [0.29, 0.717) is 59.6 Å². The summed E-state index contributed by atoms with van der Waals surface area (Å²) in [5.41, 5.74) is 1.51. The maximum Gasteiger partial charge on any atom is 0.410 e. The summed E-state index contributed by atoms with van der Waals surface area (Å²) in [5.74, 6) is 1.33. The number of carbonyl (C=O) groups excluding carboxylic acids is 1. The van der Waals surface area contributed by atoms with E-state index in [9.17, 15) is 9.90 Å².